The molecule has 2 aromatic rings. The standard InChI is InChI=1S/C17H20O2/c1-12-10-15(11-13(2)17(12)18)5-4-14-6-8-16(19-3)9-7-14/h6-11,18H,4-5H2,1-3H3. The molecule has 0 amide bonds. The summed E-state index contributed by atoms with van der Waals surface area (Å²) < 4.78 is 5.15. The van der Waals surface area contributed by atoms with E-state index in [1.165, 1.54) is 11.1 Å². The molecule has 2 rings (SSSR count). The van der Waals surface area contributed by atoms with Crippen molar-refractivity contribution in [3.8, 4) is 11.5 Å². The van der Waals surface area contributed by atoms with Gasteiger partial charge in [0.2, 0.25) is 0 Å². The monoisotopic (exact) mass is 256 g/mol. The topological polar surface area (TPSA) is 29.5 Å². The first-order valence-electron chi connectivity index (χ1n) is 6.52. The normalized spacial score (nSPS) is 10.5. The van der Waals surface area contributed by atoms with Crippen molar-refractivity contribution in [2.24, 2.45) is 0 Å². The minimum atomic E-state index is 0.410. The van der Waals surface area contributed by atoms with Gasteiger partial charge >= 0.3 is 0 Å². The van der Waals surface area contributed by atoms with Gasteiger partial charge in [-0.05, 0) is 61.1 Å². The van der Waals surface area contributed by atoms with Gasteiger partial charge in [0.1, 0.15) is 11.5 Å². The van der Waals surface area contributed by atoms with Crippen LogP contribution in [0.1, 0.15) is 22.3 Å². The Morgan fingerprint density at radius 2 is 1.42 bits per heavy atom. The number of methoxy groups -OCH3 is 1. The molecule has 0 aromatic heterocycles. The SMILES string of the molecule is COc1ccc(CCc2cc(C)c(O)c(C)c2)cc1. The summed E-state index contributed by atoms with van der Waals surface area (Å²) in [5.74, 6) is 1.30. The number of phenolic OH excluding ortho intramolecular Hbond substituents is 1. The molecule has 2 heteroatoms. The van der Waals surface area contributed by atoms with Crippen LogP contribution in [0.2, 0.25) is 0 Å². The second-order valence-corrected chi connectivity index (χ2v) is 4.93. The van der Waals surface area contributed by atoms with Crippen molar-refractivity contribution in [3.63, 3.8) is 0 Å². The summed E-state index contributed by atoms with van der Waals surface area (Å²) in [4.78, 5) is 0. The second kappa shape index (κ2) is 5.79. The van der Waals surface area contributed by atoms with Crippen LogP contribution < -0.4 is 4.74 Å². The van der Waals surface area contributed by atoms with Crippen LogP contribution in [0.4, 0.5) is 0 Å². The van der Waals surface area contributed by atoms with E-state index in [0.717, 1.165) is 29.7 Å². The van der Waals surface area contributed by atoms with Gasteiger partial charge in [0.15, 0.2) is 0 Å². The number of phenols is 1. The third-order valence-electron chi connectivity index (χ3n) is 3.41. The number of rotatable bonds is 4. The Hall–Kier alpha value is -1.96. The predicted octanol–water partition coefficient (Wildman–Crippen LogP) is 3.80. The van der Waals surface area contributed by atoms with E-state index in [9.17, 15) is 5.11 Å². The minimum absolute atomic E-state index is 0.410. The first-order chi connectivity index (χ1) is 9.10. The van der Waals surface area contributed by atoms with Gasteiger partial charge in [-0.1, -0.05) is 24.3 Å². The quantitative estimate of drug-likeness (QED) is 0.901. The van der Waals surface area contributed by atoms with Crippen molar-refractivity contribution in [2.45, 2.75) is 26.7 Å². The van der Waals surface area contributed by atoms with Crippen LogP contribution in [0.5, 0.6) is 11.5 Å². The summed E-state index contributed by atoms with van der Waals surface area (Å²) in [6.45, 7) is 3.89. The molecule has 0 bridgehead atoms. The van der Waals surface area contributed by atoms with E-state index in [0.29, 0.717) is 5.75 Å². The molecule has 19 heavy (non-hydrogen) atoms. The largest absolute Gasteiger partial charge is 0.507 e. The minimum Gasteiger partial charge on any atom is -0.507 e. The smallest absolute Gasteiger partial charge is 0.121 e. The first kappa shape index (κ1) is 13.5. The van der Waals surface area contributed by atoms with Gasteiger partial charge in [0.25, 0.3) is 0 Å². The second-order valence-electron chi connectivity index (χ2n) is 4.93. The van der Waals surface area contributed by atoms with Crippen LogP contribution in [0, 0.1) is 13.8 Å². The van der Waals surface area contributed by atoms with Gasteiger partial charge in [-0.15, -0.1) is 0 Å². The fourth-order valence-corrected chi connectivity index (χ4v) is 2.27. The van der Waals surface area contributed by atoms with Crippen LogP contribution in [0.15, 0.2) is 36.4 Å². The number of benzene rings is 2. The molecule has 0 saturated heterocycles. The number of aromatic hydroxyl groups is 1. The van der Waals surface area contributed by atoms with Crippen molar-refractivity contribution in [2.75, 3.05) is 7.11 Å². The highest BCUT2D eigenvalue weighted by Gasteiger charge is 2.04. The van der Waals surface area contributed by atoms with Crippen LogP contribution in [-0.4, -0.2) is 12.2 Å². The molecule has 0 saturated carbocycles. The molecular weight excluding hydrogens is 236 g/mol. The first-order valence-corrected chi connectivity index (χ1v) is 6.52. The summed E-state index contributed by atoms with van der Waals surface area (Å²) >= 11 is 0. The van der Waals surface area contributed by atoms with Crippen molar-refractivity contribution < 1.29 is 9.84 Å². The van der Waals surface area contributed by atoms with Crippen LogP contribution in [0.3, 0.4) is 0 Å². The lowest BCUT2D eigenvalue weighted by atomic mass is 10.00. The molecule has 0 radical (unpaired) electrons. The zero-order valence-corrected chi connectivity index (χ0v) is 11.7. The third-order valence-corrected chi connectivity index (χ3v) is 3.41. The van der Waals surface area contributed by atoms with E-state index in [2.05, 4.69) is 24.3 Å². The van der Waals surface area contributed by atoms with E-state index >= 15 is 0 Å². The van der Waals surface area contributed by atoms with Gasteiger partial charge < -0.3 is 9.84 Å². The van der Waals surface area contributed by atoms with Gasteiger partial charge in [0.05, 0.1) is 7.11 Å². The van der Waals surface area contributed by atoms with Crippen molar-refractivity contribution in [1.29, 1.82) is 0 Å². The van der Waals surface area contributed by atoms with Gasteiger partial charge in [-0.2, -0.15) is 0 Å². The van der Waals surface area contributed by atoms with Gasteiger partial charge in [-0.25, -0.2) is 0 Å². The van der Waals surface area contributed by atoms with Crippen LogP contribution in [0.25, 0.3) is 0 Å². The molecule has 0 aliphatic carbocycles. The lowest BCUT2D eigenvalue weighted by Gasteiger charge is -2.08. The highest BCUT2D eigenvalue weighted by molar-refractivity contribution is 5.42. The summed E-state index contributed by atoms with van der Waals surface area (Å²) in [7, 11) is 1.68. The molecule has 1 N–H and O–H groups in total. The summed E-state index contributed by atoms with van der Waals surface area (Å²) in [5, 5.41) is 9.76. The molecule has 100 valence electrons. The Morgan fingerprint density at radius 3 is 1.95 bits per heavy atom. The predicted molar refractivity (Wildman–Crippen MR) is 78.0 cm³/mol. The maximum Gasteiger partial charge on any atom is 0.121 e. The fraction of sp³-hybridized carbons (Fsp3) is 0.294. The van der Waals surface area contributed by atoms with Gasteiger partial charge in [0, 0.05) is 0 Å². The van der Waals surface area contributed by atoms with E-state index in [1.807, 2.05) is 26.0 Å². The number of ether oxygens (including phenoxy) is 1. The average molecular weight is 256 g/mol. The summed E-state index contributed by atoms with van der Waals surface area (Å²) in [6, 6.07) is 12.3. The molecule has 0 heterocycles. The lowest BCUT2D eigenvalue weighted by Crippen LogP contribution is -1.94. The van der Waals surface area contributed by atoms with Crippen molar-refractivity contribution in [1.82, 2.24) is 0 Å². The summed E-state index contributed by atoms with van der Waals surface area (Å²) in [5.41, 5.74) is 4.46. The molecule has 0 unspecified atom stereocenters. The maximum atomic E-state index is 9.76. The van der Waals surface area contributed by atoms with E-state index in [1.54, 1.807) is 7.11 Å². The molecule has 0 aliphatic rings. The number of aryl methyl sites for hydroxylation is 4. The van der Waals surface area contributed by atoms with Crippen molar-refractivity contribution >= 4 is 0 Å². The van der Waals surface area contributed by atoms with E-state index < -0.39 is 0 Å². The Labute approximate surface area is 114 Å². The highest BCUT2D eigenvalue weighted by atomic mass is 16.5. The van der Waals surface area contributed by atoms with Crippen LogP contribution >= 0.6 is 0 Å². The number of hydrogen-bond acceptors (Lipinski definition) is 2. The highest BCUT2D eigenvalue weighted by Crippen LogP contribution is 2.23. The van der Waals surface area contributed by atoms with E-state index in [4.69, 9.17) is 4.74 Å². The molecule has 2 aromatic carbocycles. The number of hydrogen-bond donors (Lipinski definition) is 1. The van der Waals surface area contributed by atoms with Gasteiger partial charge in [-0.3, -0.25) is 0 Å². The zero-order valence-electron chi connectivity index (χ0n) is 11.7. The average Bonchev–Trinajstić information content (AvgIpc) is 2.43. The third kappa shape index (κ3) is 3.28. The zero-order chi connectivity index (χ0) is 13.8. The Bertz CT molecular complexity index is 533. The van der Waals surface area contributed by atoms with Crippen LogP contribution in [-0.2, 0) is 12.8 Å². The molecule has 0 fully saturated rings. The molecule has 0 aliphatic heterocycles. The molecular formula is C17H20O2. The molecule has 2 nitrogen and oxygen atoms in total. The molecule has 0 spiro atoms. The Kier molecular flexibility index (Phi) is 4.10. The fourth-order valence-electron chi connectivity index (χ4n) is 2.27. The molecule has 0 atom stereocenters. The lowest BCUT2D eigenvalue weighted by molar-refractivity contribution is 0.414. The van der Waals surface area contributed by atoms with Crippen molar-refractivity contribution in [3.05, 3.63) is 58.7 Å². The Balaban J connectivity index is 2.05. The van der Waals surface area contributed by atoms with E-state index in [-0.39, 0.29) is 0 Å². The Morgan fingerprint density at radius 1 is 0.895 bits per heavy atom. The summed E-state index contributed by atoms with van der Waals surface area (Å²) in [6.07, 6.45) is 1.97. The maximum absolute atomic E-state index is 9.76.